The molecule has 9 heteroatoms. The standard InChI is InChI=1S/C12H10N4O4S/c17-9(4-16-10(18)5-21-12(16)20)13-6-1-2-7-8(3-6)15-11(19)14-7/h1-3H,4-5H2,(H,13,17)(H2,14,15,19). The lowest BCUT2D eigenvalue weighted by molar-refractivity contribution is -0.128. The van der Waals surface area contributed by atoms with Gasteiger partial charge in [0.1, 0.15) is 6.54 Å². The number of amides is 3. The third kappa shape index (κ3) is 2.68. The van der Waals surface area contributed by atoms with E-state index in [0.717, 1.165) is 16.7 Å². The Labute approximate surface area is 121 Å². The number of benzene rings is 1. The Balaban J connectivity index is 1.72. The summed E-state index contributed by atoms with van der Waals surface area (Å²) in [6.45, 7) is -0.313. The molecule has 3 amide bonds. The van der Waals surface area contributed by atoms with Crippen LogP contribution in [0.1, 0.15) is 0 Å². The Bertz CT molecular complexity index is 793. The lowest BCUT2D eigenvalue weighted by atomic mass is 10.2. The van der Waals surface area contributed by atoms with Crippen LogP contribution in [0.25, 0.3) is 11.0 Å². The van der Waals surface area contributed by atoms with Crippen LogP contribution in [0.4, 0.5) is 10.5 Å². The van der Waals surface area contributed by atoms with Gasteiger partial charge in [0.2, 0.25) is 11.8 Å². The summed E-state index contributed by atoms with van der Waals surface area (Å²) >= 11 is 0.880. The molecular weight excluding hydrogens is 296 g/mol. The van der Waals surface area contributed by atoms with E-state index in [1.165, 1.54) is 0 Å². The van der Waals surface area contributed by atoms with Crippen molar-refractivity contribution in [3.05, 3.63) is 28.7 Å². The van der Waals surface area contributed by atoms with Gasteiger partial charge in [-0.15, -0.1) is 0 Å². The minimum atomic E-state index is -0.476. The van der Waals surface area contributed by atoms with E-state index >= 15 is 0 Å². The molecule has 0 saturated carbocycles. The first-order valence-electron chi connectivity index (χ1n) is 6.02. The van der Waals surface area contributed by atoms with Crippen molar-refractivity contribution in [1.29, 1.82) is 0 Å². The third-order valence-electron chi connectivity index (χ3n) is 2.94. The highest BCUT2D eigenvalue weighted by Crippen LogP contribution is 2.19. The highest BCUT2D eigenvalue weighted by molar-refractivity contribution is 8.14. The number of carbonyl (C=O) groups is 3. The van der Waals surface area contributed by atoms with E-state index in [9.17, 15) is 19.2 Å². The maximum absolute atomic E-state index is 11.9. The number of nitrogens with one attached hydrogen (secondary N) is 3. The fourth-order valence-corrected chi connectivity index (χ4v) is 2.71. The van der Waals surface area contributed by atoms with Gasteiger partial charge in [-0.3, -0.25) is 19.3 Å². The summed E-state index contributed by atoms with van der Waals surface area (Å²) in [4.78, 5) is 51.9. The number of hydrogen-bond acceptors (Lipinski definition) is 5. The van der Waals surface area contributed by atoms with Crippen LogP contribution in [0.5, 0.6) is 0 Å². The highest BCUT2D eigenvalue weighted by Gasteiger charge is 2.31. The SMILES string of the molecule is O=C(CN1C(=O)CSC1=O)Nc1ccc2[nH]c(=O)[nH]c2c1. The van der Waals surface area contributed by atoms with E-state index in [-0.39, 0.29) is 23.9 Å². The molecule has 8 nitrogen and oxygen atoms in total. The number of hydrogen-bond donors (Lipinski definition) is 3. The van der Waals surface area contributed by atoms with Crippen molar-refractivity contribution >= 4 is 45.5 Å². The topological polar surface area (TPSA) is 115 Å². The summed E-state index contributed by atoms with van der Waals surface area (Å²) < 4.78 is 0. The summed E-state index contributed by atoms with van der Waals surface area (Å²) in [6, 6.07) is 4.85. The van der Waals surface area contributed by atoms with Gasteiger partial charge in [-0.1, -0.05) is 11.8 Å². The van der Waals surface area contributed by atoms with Crippen molar-refractivity contribution in [2.24, 2.45) is 0 Å². The second-order valence-electron chi connectivity index (χ2n) is 4.42. The highest BCUT2D eigenvalue weighted by atomic mass is 32.2. The molecule has 21 heavy (non-hydrogen) atoms. The van der Waals surface area contributed by atoms with Gasteiger partial charge in [0.15, 0.2) is 0 Å². The van der Waals surface area contributed by atoms with Crippen LogP contribution < -0.4 is 11.0 Å². The average molecular weight is 306 g/mol. The molecular formula is C12H10N4O4S. The Morgan fingerprint density at radius 1 is 1.24 bits per heavy atom. The van der Waals surface area contributed by atoms with Crippen LogP contribution in [0.3, 0.4) is 0 Å². The minimum absolute atomic E-state index is 0.0721. The molecule has 0 atom stereocenters. The fraction of sp³-hybridized carbons (Fsp3) is 0.167. The average Bonchev–Trinajstić information content (AvgIpc) is 2.94. The van der Waals surface area contributed by atoms with E-state index in [1.807, 2.05) is 0 Å². The summed E-state index contributed by atoms with van der Waals surface area (Å²) in [5.74, 6) is -0.773. The molecule has 0 radical (unpaired) electrons. The van der Waals surface area contributed by atoms with Crippen molar-refractivity contribution in [3.8, 4) is 0 Å². The zero-order chi connectivity index (χ0) is 15.0. The van der Waals surface area contributed by atoms with Crippen LogP contribution in [-0.2, 0) is 9.59 Å². The summed E-state index contributed by atoms with van der Waals surface area (Å²) in [6.07, 6.45) is 0. The van der Waals surface area contributed by atoms with Gasteiger partial charge in [0, 0.05) is 5.69 Å². The second-order valence-corrected chi connectivity index (χ2v) is 5.35. The lowest BCUT2D eigenvalue weighted by Crippen LogP contribution is -2.36. The Hall–Kier alpha value is -2.55. The number of carbonyl (C=O) groups excluding carboxylic acids is 3. The third-order valence-corrected chi connectivity index (χ3v) is 3.80. The first-order valence-corrected chi connectivity index (χ1v) is 7.00. The summed E-state index contributed by atoms with van der Waals surface area (Å²) in [5.41, 5.74) is 1.31. The molecule has 108 valence electrons. The molecule has 0 unspecified atom stereocenters. The smallest absolute Gasteiger partial charge is 0.323 e. The Morgan fingerprint density at radius 2 is 2.00 bits per heavy atom. The van der Waals surface area contributed by atoms with Crippen molar-refractivity contribution < 1.29 is 14.4 Å². The van der Waals surface area contributed by atoms with E-state index in [4.69, 9.17) is 0 Å². The number of imide groups is 1. The molecule has 0 spiro atoms. The van der Waals surface area contributed by atoms with Crippen molar-refractivity contribution in [3.63, 3.8) is 0 Å². The molecule has 1 saturated heterocycles. The lowest BCUT2D eigenvalue weighted by Gasteiger charge is -2.12. The van der Waals surface area contributed by atoms with Crippen LogP contribution in [0, 0.1) is 0 Å². The minimum Gasteiger partial charge on any atom is -0.324 e. The number of fused-ring (bicyclic) bond motifs is 1. The molecule has 0 bridgehead atoms. The monoisotopic (exact) mass is 306 g/mol. The van der Waals surface area contributed by atoms with Gasteiger partial charge in [-0.25, -0.2) is 4.79 Å². The zero-order valence-corrected chi connectivity index (χ0v) is 11.5. The van der Waals surface area contributed by atoms with E-state index in [2.05, 4.69) is 15.3 Å². The van der Waals surface area contributed by atoms with Crippen molar-refractivity contribution in [1.82, 2.24) is 14.9 Å². The van der Waals surface area contributed by atoms with Gasteiger partial charge in [0.25, 0.3) is 5.24 Å². The Morgan fingerprint density at radius 3 is 2.71 bits per heavy atom. The van der Waals surface area contributed by atoms with Crippen molar-refractivity contribution in [2.75, 3.05) is 17.6 Å². The molecule has 0 aliphatic carbocycles. The van der Waals surface area contributed by atoms with Crippen molar-refractivity contribution in [2.45, 2.75) is 0 Å². The summed E-state index contributed by atoms with van der Waals surface area (Å²) in [7, 11) is 0. The fourth-order valence-electron chi connectivity index (χ4n) is 1.99. The number of rotatable bonds is 3. The molecule has 2 heterocycles. The number of aromatic nitrogens is 2. The van der Waals surface area contributed by atoms with Gasteiger partial charge >= 0.3 is 5.69 Å². The maximum Gasteiger partial charge on any atom is 0.323 e. The number of nitrogens with zero attached hydrogens (tertiary/aromatic N) is 1. The molecule has 1 aliphatic rings. The van der Waals surface area contributed by atoms with E-state index in [0.29, 0.717) is 16.7 Å². The molecule has 1 aromatic carbocycles. The van der Waals surface area contributed by atoms with Gasteiger partial charge in [-0.2, -0.15) is 0 Å². The molecule has 3 rings (SSSR count). The normalized spacial score (nSPS) is 15.0. The van der Waals surface area contributed by atoms with Gasteiger partial charge < -0.3 is 15.3 Å². The van der Waals surface area contributed by atoms with Crippen LogP contribution in [-0.4, -0.2) is 44.2 Å². The Kier molecular flexibility index (Phi) is 3.26. The van der Waals surface area contributed by atoms with Gasteiger partial charge in [0.05, 0.1) is 16.8 Å². The van der Waals surface area contributed by atoms with Crippen LogP contribution in [0.2, 0.25) is 0 Å². The predicted molar refractivity (Wildman–Crippen MR) is 77.1 cm³/mol. The number of anilines is 1. The number of aromatic amines is 2. The first kappa shape index (κ1) is 13.4. The van der Waals surface area contributed by atoms with E-state index in [1.54, 1.807) is 18.2 Å². The largest absolute Gasteiger partial charge is 0.324 e. The molecule has 3 N–H and O–H groups in total. The molecule has 1 aliphatic heterocycles. The molecule has 1 fully saturated rings. The van der Waals surface area contributed by atoms with Gasteiger partial charge in [-0.05, 0) is 18.2 Å². The number of imidazole rings is 1. The predicted octanol–water partition coefficient (Wildman–Crippen LogP) is 0.490. The second kappa shape index (κ2) is 5.09. The van der Waals surface area contributed by atoms with Crippen LogP contribution in [0.15, 0.2) is 23.0 Å². The molecule has 2 aromatic rings. The summed E-state index contributed by atoms with van der Waals surface area (Å²) in [5, 5.41) is 2.16. The molecule has 1 aromatic heterocycles. The first-order chi connectivity index (χ1) is 10.0. The zero-order valence-electron chi connectivity index (χ0n) is 10.6. The quantitative estimate of drug-likeness (QED) is 0.763. The van der Waals surface area contributed by atoms with E-state index < -0.39 is 11.1 Å². The number of H-pyrrole nitrogens is 2. The van der Waals surface area contributed by atoms with Crippen LogP contribution >= 0.6 is 11.8 Å². The number of thioether (sulfide) groups is 1. The maximum atomic E-state index is 11.9.